The number of alkyl halides is 3. The second kappa shape index (κ2) is 8.70. The summed E-state index contributed by atoms with van der Waals surface area (Å²) in [5, 5.41) is 5.67. The summed E-state index contributed by atoms with van der Waals surface area (Å²) < 4.78 is 40.0. The van der Waals surface area contributed by atoms with E-state index in [0.29, 0.717) is 11.3 Å². The molecule has 2 aliphatic rings. The molecule has 2 N–H and O–H groups in total. The van der Waals surface area contributed by atoms with Gasteiger partial charge in [0.05, 0.1) is 12.1 Å². The smallest absolute Gasteiger partial charge is 0.349 e. The van der Waals surface area contributed by atoms with Crippen LogP contribution in [0.2, 0.25) is 0 Å². The average molecular weight is 431 g/mol. The van der Waals surface area contributed by atoms with Gasteiger partial charge < -0.3 is 10.6 Å². The Morgan fingerprint density at radius 2 is 1.74 bits per heavy atom. The lowest BCUT2D eigenvalue weighted by Crippen LogP contribution is -2.35. The first-order chi connectivity index (χ1) is 14.8. The van der Waals surface area contributed by atoms with Gasteiger partial charge in [0.15, 0.2) is 0 Å². The van der Waals surface area contributed by atoms with E-state index in [1.54, 1.807) is 35.2 Å². The van der Waals surface area contributed by atoms with Gasteiger partial charge in [-0.15, -0.1) is 0 Å². The van der Waals surface area contributed by atoms with Crippen LogP contribution in [-0.4, -0.2) is 35.3 Å². The van der Waals surface area contributed by atoms with Crippen molar-refractivity contribution in [3.8, 4) is 0 Å². The number of rotatable bonds is 8. The van der Waals surface area contributed by atoms with E-state index in [0.717, 1.165) is 31.7 Å². The molecule has 0 radical (unpaired) electrons. The summed E-state index contributed by atoms with van der Waals surface area (Å²) in [5.41, 5.74) is 0.437. The molecular weight excluding hydrogens is 407 g/mol. The van der Waals surface area contributed by atoms with Crippen LogP contribution in [0, 0.1) is 0 Å². The molecule has 2 saturated carbocycles. The highest BCUT2D eigenvalue weighted by atomic mass is 19.4. The average Bonchev–Trinajstić information content (AvgIpc) is 3.61. The van der Waals surface area contributed by atoms with Crippen LogP contribution in [0.5, 0.6) is 0 Å². The van der Waals surface area contributed by atoms with Crippen molar-refractivity contribution in [2.75, 3.05) is 11.9 Å². The van der Waals surface area contributed by atoms with Crippen LogP contribution < -0.4 is 10.6 Å². The number of benzene rings is 2. The van der Waals surface area contributed by atoms with E-state index < -0.39 is 11.7 Å². The number of amides is 2. The summed E-state index contributed by atoms with van der Waals surface area (Å²) in [6.07, 6.45) is -0.751. The molecule has 0 atom stereocenters. The van der Waals surface area contributed by atoms with Crippen LogP contribution >= 0.6 is 0 Å². The molecule has 4 rings (SSSR count). The molecule has 164 valence electrons. The number of anilines is 1. The molecule has 2 fully saturated rings. The second-order valence-corrected chi connectivity index (χ2v) is 8.17. The fourth-order valence-corrected chi connectivity index (χ4v) is 3.53. The molecule has 2 aromatic carbocycles. The Kier molecular flexibility index (Phi) is 6.00. The van der Waals surface area contributed by atoms with E-state index in [1.807, 2.05) is 0 Å². The number of carbonyl (C=O) groups excluding carboxylic acids is 2. The monoisotopic (exact) mass is 431 g/mol. The van der Waals surface area contributed by atoms with Crippen molar-refractivity contribution >= 4 is 17.5 Å². The Balaban J connectivity index is 1.41. The highest BCUT2D eigenvalue weighted by molar-refractivity contribution is 5.97. The second-order valence-electron chi connectivity index (χ2n) is 8.17. The lowest BCUT2D eigenvalue weighted by Gasteiger charge is -2.23. The SMILES string of the molecule is O=C(CN(Cc1ccccc1C(F)(F)F)C1CC1)Nc1cccc(C(=O)NC2CC2)c1. The topological polar surface area (TPSA) is 61.4 Å². The predicted molar refractivity (Wildman–Crippen MR) is 110 cm³/mol. The van der Waals surface area contributed by atoms with Crippen molar-refractivity contribution in [1.29, 1.82) is 0 Å². The Morgan fingerprint density at radius 1 is 1.00 bits per heavy atom. The summed E-state index contributed by atoms with van der Waals surface area (Å²) in [4.78, 5) is 26.6. The number of nitrogens with zero attached hydrogens (tertiary/aromatic N) is 1. The van der Waals surface area contributed by atoms with Gasteiger partial charge in [-0.3, -0.25) is 14.5 Å². The lowest BCUT2D eigenvalue weighted by molar-refractivity contribution is -0.138. The molecule has 0 heterocycles. The molecule has 2 aliphatic carbocycles. The van der Waals surface area contributed by atoms with Crippen molar-refractivity contribution in [1.82, 2.24) is 10.2 Å². The molecule has 0 spiro atoms. The molecule has 31 heavy (non-hydrogen) atoms. The van der Waals surface area contributed by atoms with E-state index in [1.165, 1.54) is 12.1 Å². The van der Waals surface area contributed by atoms with Crippen LogP contribution in [0.4, 0.5) is 18.9 Å². The Hall–Kier alpha value is -2.87. The van der Waals surface area contributed by atoms with Gasteiger partial charge in [-0.25, -0.2) is 0 Å². The lowest BCUT2D eigenvalue weighted by atomic mass is 10.1. The minimum absolute atomic E-state index is 0.0185. The van der Waals surface area contributed by atoms with Gasteiger partial charge in [-0.1, -0.05) is 24.3 Å². The van der Waals surface area contributed by atoms with Crippen molar-refractivity contribution in [3.05, 3.63) is 65.2 Å². The zero-order chi connectivity index (χ0) is 22.0. The molecule has 0 bridgehead atoms. The predicted octanol–water partition coefficient (Wildman–Crippen LogP) is 4.20. The molecule has 0 saturated heterocycles. The van der Waals surface area contributed by atoms with Crippen molar-refractivity contribution in [2.24, 2.45) is 0 Å². The van der Waals surface area contributed by atoms with Gasteiger partial charge in [0.1, 0.15) is 0 Å². The fraction of sp³-hybridized carbons (Fsp3) is 0.391. The van der Waals surface area contributed by atoms with E-state index in [4.69, 9.17) is 0 Å². The van der Waals surface area contributed by atoms with Gasteiger partial charge in [0.25, 0.3) is 5.91 Å². The summed E-state index contributed by atoms with van der Waals surface area (Å²) in [5.74, 6) is -0.502. The first-order valence-corrected chi connectivity index (χ1v) is 10.4. The number of hydrogen-bond donors (Lipinski definition) is 2. The van der Waals surface area contributed by atoms with E-state index in [2.05, 4.69) is 10.6 Å². The zero-order valence-corrected chi connectivity index (χ0v) is 16.9. The summed E-state index contributed by atoms with van der Waals surface area (Å²) in [6.45, 7) is 0.0347. The molecule has 0 unspecified atom stereocenters. The van der Waals surface area contributed by atoms with E-state index in [-0.39, 0.29) is 42.6 Å². The van der Waals surface area contributed by atoms with Crippen LogP contribution in [0.3, 0.4) is 0 Å². The van der Waals surface area contributed by atoms with Gasteiger partial charge in [0, 0.05) is 29.9 Å². The Labute approximate surface area is 178 Å². The normalized spacial score (nSPS) is 16.3. The zero-order valence-electron chi connectivity index (χ0n) is 16.9. The minimum atomic E-state index is -4.43. The number of nitrogens with one attached hydrogen (secondary N) is 2. The molecule has 5 nitrogen and oxygen atoms in total. The number of hydrogen-bond acceptors (Lipinski definition) is 3. The van der Waals surface area contributed by atoms with Gasteiger partial charge in [-0.2, -0.15) is 13.2 Å². The summed E-state index contributed by atoms with van der Waals surface area (Å²) in [6, 6.07) is 12.5. The van der Waals surface area contributed by atoms with Gasteiger partial charge in [0.2, 0.25) is 5.91 Å². The quantitative estimate of drug-likeness (QED) is 0.659. The molecule has 2 aromatic rings. The third-order valence-electron chi connectivity index (χ3n) is 5.43. The number of carbonyl (C=O) groups is 2. The van der Waals surface area contributed by atoms with Crippen LogP contribution in [0.15, 0.2) is 48.5 Å². The third-order valence-corrected chi connectivity index (χ3v) is 5.43. The molecule has 0 aromatic heterocycles. The maximum absolute atomic E-state index is 13.3. The number of halogens is 3. The van der Waals surface area contributed by atoms with E-state index in [9.17, 15) is 22.8 Å². The molecule has 0 aliphatic heterocycles. The van der Waals surface area contributed by atoms with Gasteiger partial charge in [-0.05, 0) is 55.5 Å². The van der Waals surface area contributed by atoms with Gasteiger partial charge >= 0.3 is 6.18 Å². The third kappa shape index (κ3) is 5.85. The van der Waals surface area contributed by atoms with Crippen molar-refractivity contribution in [2.45, 2.75) is 50.5 Å². The highest BCUT2D eigenvalue weighted by Gasteiger charge is 2.36. The largest absolute Gasteiger partial charge is 0.416 e. The maximum Gasteiger partial charge on any atom is 0.416 e. The molecule has 8 heteroatoms. The molecular formula is C23H24F3N3O2. The van der Waals surface area contributed by atoms with Crippen LogP contribution in [-0.2, 0) is 17.5 Å². The highest BCUT2D eigenvalue weighted by Crippen LogP contribution is 2.34. The molecule has 2 amide bonds. The van der Waals surface area contributed by atoms with Crippen molar-refractivity contribution in [3.63, 3.8) is 0 Å². The standard InChI is InChI=1S/C23H24F3N3O2/c24-23(25,26)20-7-2-1-4-16(20)13-29(19-10-11-19)14-21(30)27-18-6-3-5-15(12-18)22(31)28-17-8-9-17/h1-7,12,17,19H,8-11,13-14H2,(H,27,30)(H,28,31). The maximum atomic E-state index is 13.3. The summed E-state index contributed by atoms with van der Waals surface area (Å²) in [7, 11) is 0. The fourth-order valence-electron chi connectivity index (χ4n) is 3.53. The summed E-state index contributed by atoms with van der Waals surface area (Å²) >= 11 is 0. The first kappa shape index (κ1) is 21.4. The van der Waals surface area contributed by atoms with Crippen LogP contribution in [0.1, 0.15) is 47.2 Å². The first-order valence-electron chi connectivity index (χ1n) is 10.4. The Bertz CT molecular complexity index is 969. The Morgan fingerprint density at radius 3 is 2.42 bits per heavy atom. The van der Waals surface area contributed by atoms with Crippen LogP contribution in [0.25, 0.3) is 0 Å². The van der Waals surface area contributed by atoms with E-state index >= 15 is 0 Å². The van der Waals surface area contributed by atoms with Crippen molar-refractivity contribution < 1.29 is 22.8 Å². The minimum Gasteiger partial charge on any atom is -0.349 e.